The molecule has 0 bridgehead atoms. The van der Waals surface area contributed by atoms with Crippen molar-refractivity contribution in [1.29, 1.82) is 0 Å². The van der Waals surface area contributed by atoms with E-state index >= 15 is 0 Å². The second-order valence-corrected chi connectivity index (χ2v) is 8.96. The highest BCUT2D eigenvalue weighted by molar-refractivity contribution is 5.81. The largest absolute Gasteiger partial charge is 0.463 e. The number of unbranched alkanes of at least 4 members (excludes halogenated alkanes) is 10. The number of ether oxygens (including phenoxy) is 2. The summed E-state index contributed by atoms with van der Waals surface area (Å²) < 4.78 is 13.0. The molecule has 0 saturated carbocycles. The summed E-state index contributed by atoms with van der Waals surface area (Å²) in [6, 6.07) is 0. The summed E-state index contributed by atoms with van der Waals surface area (Å²) in [5.41, 5.74) is 6.88. The SMILES string of the molecule is CCCCCCCCCCCCCC(=O)OC[C@H]1O[C@@H](n2cnc3c(N)ncnc32)[C@@H]1CO. The van der Waals surface area contributed by atoms with Crippen LogP contribution in [0.5, 0.6) is 0 Å². The molecule has 0 unspecified atom stereocenters. The van der Waals surface area contributed by atoms with Gasteiger partial charge in [-0.15, -0.1) is 0 Å². The van der Waals surface area contributed by atoms with E-state index in [0.717, 1.165) is 12.8 Å². The van der Waals surface area contributed by atoms with E-state index < -0.39 is 6.23 Å². The maximum atomic E-state index is 12.1. The number of nitrogen functional groups attached to an aromatic ring is 1. The number of nitrogens with two attached hydrogens (primary N) is 1. The van der Waals surface area contributed by atoms with Crippen molar-refractivity contribution >= 4 is 23.0 Å². The zero-order chi connectivity index (χ0) is 23.5. The third kappa shape index (κ3) is 7.11. The van der Waals surface area contributed by atoms with Gasteiger partial charge in [0, 0.05) is 6.42 Å². The fourth-order valence-electron chi connectivity index (χ4n) is 4.35. The topological polar surface area (TPSA) is 125 Å². The van der Waals surface area contributed by atoms with E-state index in [4.69, 9.17) is 15.2 Å². The first-order valence-corrected chi connectivity index (χ1v) is 12.5. The third-order valence-corrected chi connectivity index (χ3v) is 6.42. The average molecular weight is 462 g/mol. The summed E-state index contributed by atoms with van der Waals surface area (Å²) in [5, 5.41) is 9.82. The molecule has 2 aromatic rings. The predicted octanol–water partition coefficient (Wildman–Crippen LogP) is 4.16. The van der Waals surface area contributed by atoms with Gasteiger partial charge in [0.05, 0.1) is 18.9 Å². The van der Waals surface area contributed by atoms with Gasteiger partial charge in [-0.1, -0.05) is 71.1 Å². The summed E-state index contributed by atoms with van der Waals surface area (Å²) in [6.07, 6.45) is 16.3. The number of aliphatic hydroxyl groups excluding tert-OH is 1. The zero-order valence-corrected chi connectivity index (χ0v) is 19.8. The monoisotopic (exact) mass is 461 g/mol. The summed E-state index contributed by atoms with van der Waals surface area (Å²) in [5.74, 6) is -0.122. The lowest BCUT2D eigenvalue weighted by Crippen LogP contribution is -2.50. The van der Waals surface area contributed by atoms with E-state index in [9.17, 15) is 9.90 Å². The number of hydrogen-bond acceptors (Lipinski definition) is 8. The van der Waals surface area contributed by atoms with Crippen molar-refractivity contribution in [3.05, 3.63) is 12.7 Å². The Hall–Kier alpha value is -2.26. The number of aliphatic hydroxyl groups is 1. The van der Waals surface area contributed by atoms with Gasteiger partial charge in [0.25, 0.3) is 0 Å². The van der Waals surface area contributed by atoms with Crippen molar-refractivity contribution in [2.24, 2.45) is 5.92 Å². The first kappa shape index (κ1) is 25.4. The van der Waals surface area contributed by atoms with E-state index in [1.807, 2.05) is 0 Å². The van der Waals surface area contributed by atoms with E-state index in [2.05, 4.69) is 21.9 Å². The number of aromatic nitrogens is 4. The highest BCUT2D eigenvalue weighted by Gasteiger charge is 2.44. The zero-order valence-electron chi connectivity index (χ0n) is 19.8. The Morgan fingerprint density at radius 2 is 1.73 bits per heavy atom. The molecule has 1 fully saturated rings. The molecule has 33 heavy (non-hydrogen) atoms. The second-order valence-electron chi connectivity index (χ2n) is 8.96. The van der Waals surface area contributed by atoms with Crippen LogP contribution in [0.4, 0.5) is 5.82 Å². The van der Waals surface area contributed by atoms with Crippen LogP contribution in [0.1, 0.15) is 90.2 Å². The normalized spacial score (nSPS) is 20.1. The molecule has 9 heteroatoms. The maximum Gasteiger partial charge on any atom is 0.305 e. The lowest BCUT2D eigenvalue weighted by molar-refractivity contribution is -0.247. The Balaban J connectivity index is 1.27. The molecule has 0 radical (unpaired) electrons. The number of rotatable bonds is 16. The van der Waals surface area contributed by atoms with Gasteiger partial charge in [-0.2, -0.15) is 0 Å². The van der Waals surface area contributed by atoms with Crippen LogP contribution >= 0.6 is 0 Å². The quantitative estimate of drug-likeness (QED) is 0.282. The summed E-state index contributed by atoms with van der Waals surface area (Å²) in [4.78, 5) is 24.5. The lowest BCUT2D eigenvalue weighted by atomic mass is 9.95. The smallest absolute Gasteiger partial charge is 0.305 e. The summed E-state index contributed by atoms with van der Waals surface area (Å²) in [6.45, 7) is 2.30. The van der Waals surface area contributed by atoms with E-state index in [-0.39, 0.29) is 31.2 Å². The Morgan fingerprint density at radius 1 is 1.06 bits per heavy atom. The van der Waals surface area contributed by atoms with Gasteiger partial charge in [0.1, 0.15) is 30.8 Å². The summed E-state index contributed by atoms with van der Waals surface area (Å²) in [7, 11) is 0. The van der Waals surface area contributed by atoms with E-state index in [0.29, 0.717) is 23.4 Å². The molecule has 0 aliphatic carbocycles. The maximum absolute atomic E-state index is 12.1. The molecule has 0 amide bonds. The number of fused-ring (bicyclic) bond motifs is 1. The number of carbonyl (C=O) groups excluding carboxylic acids is 1. The minimum atomic E-state index is -0.426. The number of anilines is 1. The lowest BCUT2D eigenvalue weighted by Gasteiger charge is -2.43. The Bertz CT molecular complexity index is 858. The summed E-state index contributed by atoms with van der Waals surface area (Å²) >= 11 is 0. The Morgan fingerprint density at radius 3 is 2.39 bits per heavy atom. The van der Waals surface area contributed by atoms with Crippen molar-refractivity contribution in [3.8, 4) is 0 Å². The number of imidazole rings is 1. The molecule has 9 nitrogen and oxygen atoms in total. The minimum absolute atomic E-state index is 0.0915. The van der Waals surface area contributed by atoms with Gasteiger partial charge < -0.3 is 20.3 Å². The fourth-order valence-corrected chi connectivity index (χ4v) is 4.35. The van der Waals surface area contributed by atoms with Gasteiger partial charge in [0.2, 0.25) is 0 Å². The van der Waals surface area contributed by atoms with Crippen LogP contribution in [0, 0.1) is 5.92 Å². The molecule has 2 aromatic heterocycles. The molecular formula is C24H39N5O4. The van der Waals surface area contributed by atoms with Gasteiger partial charge in [0.15, 0.2) is 11.5 Å². The first-order chi connectivity index (χ1) is 16.2. The van der Waals surface area contributed by atoms with E-state index in [1.165, 1.54) is 64.1 Å². The van der Waals surface area contributed by atoms with Gasteiger partial charge in [-0.05, 0) is 6.42 Å². The predicted molar refractivity (Wildman–Crippen MR) is 126 cm³/mol. The molecule has 3 N–H and O–H groups in total. The molecule has 184 valence electrons. The number of carbonyl (C=O) groups is 1. The molecule has 0 aromatic carbocycles. The van der Waals surface area contributed by atoms with E-state index in [1.54, 1.807) is 10.9 Å². The molecule has 1 aliphatic rings. The second kappa shape index (κ2) is 13.4. The number of nitrogens with zero attached hydrogens (tertiary/aromatic N) is 4. The molecule has 3 heterocycles. The van der Waals surface area contributed by atoms with Crippen LogP contribution in [0.2, 0.25) is 0 Å². The van der Waals surface area contributed by atoms with Crippen LogP contribution in [0.15, 0.2) is 12.7 Å². The molecule has 0 spiro atoms. The Labute approximate surface area is 196 Å². The molecule has 1 aliphatic heterocycles. The van der Waals surface area contributed by atoms with Crippen LogP contribution in [0.3, 0.4) is 0 Å². The third-order valence-electron chi connectivity index (χ3n) is 6.42. The Kier molecular flexibility index (Phi) is 10.3. The average Bonchev–Trinajstić information content (AvgIpc) is 3.22. The van der Waals surface area contributed by atoms with Crippen molar-refractivity contribution < 1.29 is 19.4 Å². The van der Waals surface area contributed by atoms with Crippen molar-refractivity contribution in [2.45, 2.75) is 96.3 Å². The number of hydrogen-bond donors (Lipinski definition) is 2. The molecule has 3 atom stereocenters. The van der Waals surface area contributed by atoms with Crippen LogP contribution in [0.25, 0.3) is 11.2 Å². The van der Waals surface area contributed by atoms with Crippen LogP contribution in [-0.2, 0) is 14.3 Å². The van der Waals surface area contributed by atoms with Crippen LogP contribution in [-0.4, -0.2) is 49.9 Å². The highest BCUT2D eigenvalue weighted by atomic mass is 16.6. The standard InChI is InChI=1S/C24H39N5O4/c1-2-3-4-5-6-7-8-9-10-11-12-13-20(31)32-15-19-18(14-30)24(33-19)29-17-28-21-22(25)26-16-27-23(21)29/h16-19,24,30H,2-15H2,1H3,(H2,25,26,27)/t18-,19-,24-/m1/s1. The first-order valence-electron chi connectivity index (χ1n) is 12.5. The van der Waals surface area contributed by atoms with Crippen molar-refractivity contribution in [3.63, 3.8) is 0 Å². The van der Waals surface area contributed by atoms with Crippen LogP contribution < -0.4 is 5.73 Å². The fraction of sp³-hybridized carbons (Fsp3) is 0.750. The molecule has 3 rings (SSSR count). The van der Waals surface area contributed by atoms with Gasteiger partial charge >= 0.3 is 5.97 Å². The van der Waals surface area contributed by atoms with Crippen molar-refractivity contribution in [1.82, 2.24) is 19.5 Å². The van der Waals surface area contributed by atoms with Gasteiger partial charge in [-0.25, -0.2) is 15.0 Å². The minimum Gasteiger partial charge on any atom is -0.463 e. The molecule has 1 saturated heterocycles. The van der Waals surface area contributed by atoms with Gasteiger partial charge in [-0.3, -0.25) is 9.36 Å². The highest BCUT2D eigenvalue weighted by Crippen LogP contribution is 2.38. The molecular weight excluding hydrogens is 422 g/mol. The van der Waals surface area contributed by atoms with Crippen molar-refractivity contribution in [2.75, 3.05) is 18.9 Å². The number of esters is 1.